The molecule has 3 N–H and O–H groups in total. The molecule has 0 aliphatic rings. The summed E-state index contributed by atoms with van der Waals surface area (Å²) in [5, 5.41) is 0.936. The predicted molar refractivity (Wildman–Crippen MR) is 105 cm³/mol. The first kappa shape index (κ1) is 15.9. The van der Waals surface area contributed by atoms with Crippen molar-refractivity contribution in [3.05, 3.63) is 58.7 Å². The number of nitrogens with zero attached hydrogens (tertiary/aromatic N) is 2. The van der Waals surface area contributed by atoms with E-state index < -0.39 is 0 Å². The molecular formula is C17H13IN4S. The molecule has 0 amide bonds. The number of nitrogens with one attached hydrogen (secondary N) is 1. The van der Waals surface area contributed by atoms with E-state index in [2.05, 4.69) is 31.4 Å². The molecular weight excluding hydrogens is 419 g/mol. The van der Waals surface area contributed by atoms with Crippen LogP contribution in [0.2, 0.25) is 0 Å². The van der Waals surface area contributed by atoms with Crippen LogP contribution in [0.5, 0.6) is 0 Å². The molecule has 23 heavy (non-hydrogen) atoms. The maximum Gasteiger partial charge on any atom is 0.134 e. The van der Waals surface area contributed by atoms with Crippen molar-refractivity contribution in [3.63, 3.8) is 0 Å². The number of hydrogen-bond acceptors (Lipinski definition) is 5. The van der Waals surface area contributed by atoms with Crippen LogP contribution in [-0.4, -0.2) is 9.97 Å². The Bertz CT molecular complexity index is 904. The third kappa shape index (κ3) is 4.07. The first-order valence-electron chi connectivity index (χ1n) is 6.89. The minimum Gasteiger partial charge on any atom is -0.326 e. The quantitative estimate of drug-likeness (QED) is 0.374. The van der Waals surface area contributed by atoms with Crippen LogP contribution in [0.25, 0.3) is 16.3 Å². The number of thiazole rings is 1. The molecule has 3 aromatic rings. The Balaban J connectivity index is 1.74. The highest BCUT2D eigenvalue weighted by Gasteiger charge is 2.01. The summed E-state index contributed by atoms with van der Waals surface area (Å²) >= 11 is 3.68. The smallest absolute Gasteiger partial charge is 0.134 e. The number of nitrogens with two attached hydrogens (primary N) is 1. The highest BCUT2D eigenvalue weighted by Crippen LogP contribution is 2.24. The van der Waals surface area contributed by atoms with E-state index in [1.54, 1.807) is 17.5 Å². The van der Waals surface area contributed by atoms with Crippen LogP contribution in [0.1, 0.15) is 16.1 Å². The fourth-order valence-electron chi connectivity index (χ4n) is 1.95. The first-order valence-corrected chi connectivity index (χ1v) is 8.78. The van der Waals surface area contributed by atoms with Gasteiger partial charge in [-0.05, 0) is 42.0 Å². The van der Waals surface area contributed by atoms with Gasteiger partial charge in [0.2, 0.25) is 0 Å². The maximum atomic E-state index is 5.66. The second-order valence-corrected chi connectivity index (χ2v) is 6.29. The van der Waals surface area contributed by atoms with Crippen molar-refractivity contribution < 1.29 is 0 Å². The van der Waals surface area contributed by atoms with Crippen molar-refractivity contribution in [3.8, 4) is 11.8 Å². The van der Waals surface area contributed by atoms with Crippen molar-refractivity contribution in [2.75, 3.05) is 3.53 Å². The second kappa shape index (κ2) is 7.55. The molecule has 0 unspecified atom stereocenters. The van der Waals surface area contributed by atoms with Crippen molar-refractivity contribution in [2.24, 2.45) is 5.73 Å². The molecule has 2 aromatic heterocycles. The molecule has 1 aromatic carbocycles. The van der Waals surface area contributed by atoms with Crippen LogP contribution in [0.3, 0.4) is 0 Å². The Morgan fingerprint density at radius 1 is 1.30 bits per heavy atom. The fraction of sp³-hybridized carbons (Fsp3) is 0.0588. The number of rotatable bonds is 3. The third-order valence-corrected chi connectivity index (χ3v) is 4.63. The van der Waals surface area contributed by atoms with Gasteiger partial charge in [0, 0.05) is 18.3 Å². The molecule has 0 fully saturated rings. The number of aromatic nitrogens is 2. The van der Waals surface area contributed by atoms with Crippen molar-refractivity contribution in [2.45, 2.75) is 6.54 Å². The summed E-state index contributed by atoms with van der Waals surface area (Å²) < 4.78 is 4.09. The van der Waals surface area contributed by atoms with Gasteiger partial charge in [0.05, 0.1) is 33.1 Å². The molecule has 2 heterocycles. The Hall–Kier alpha value is -1.95. The topological polar surface area (TPSA) is 63.8 Å². The Morgan fingerprint density at radius 2 is 2.22 bits per heavy atom. The van der Waals surface area contributed by atoms with Crippen LogP contribution in [-0.2, 0) is 6.54 Å². The lowest BCUT2D eigenvalue weighted by molar-refractivity contribution is 1.08. The molecule has 3 rings (SSSR count). The Kier molecular flexibility index (Phi) is 5.23. The van der Waals surface area contributed by atoms with Gasteiger partial charge in [0.15, 0.2) is 0 Å². The summed E-state index contributed by atoms with van der Waals surface area (Å²) in [5.74, 6) is 6.87. The minimum absolute atomic E-state index is 0.546. The number of hydrogen-bond donors (Lipinski definition) is 2. The molecule has 0 bridgehead atoms. The molecule has 6 heteroatoms. The summed E-state index contributed by atoms with van der Waals surface area (Å²) in [4.78, 5) is 8.77. The zero-order chi connectivity index (χ0) is 16.1. The second-order valence-electron chi connectivity index (χ2n) is 4.69. The lowest BCUT2D eigenvalue weighted by atomic mass is 10.2. The minimum atomic E-state index is 0.546. The van der Waals surface area contributed by atoms with E-state index >= 15 is 0 Å². The largest absolute Gasteiger partial charge is 0.326 e. The monoisotopic (exact) mass is 432 g/mol. The standard InChI is InChI=1S/C17H13IN4S/c18-22-16-8-6-12(11-20-16)3-1-2-4-17-21-14-7-5-13(10-19)9-15(14)23-17/h2,4-9,11H,10,19H2,(H,20,22)/b4-2+. The zero-order valence-corrected chi connectivity index (χ0v) is 15.1. The average Bonchev–Trinajstić information content (AvgIpc) is 3.01. The molecule has 114 valence electrons. The van der Waals surface area contributed by atoms with Gasteiger partial charge in [-0.3, -0.25) is 0 Å². The van der Waals surface area contributed by atoms with E-state index in [-0.39, 0.29) is 0 Å². The lowest BCUT2D eigenvalue weighted by Gasteiger charge is -1.94. The SMILES string of the molecule is NCc1ccc2nc(/C=C/C#Cc3ccc(NI)nc3)sc2c1. The number of pyridine rings is 1. The first-order chi connectivity index (χ1) is 11.3. The van der Waals surface area contributed by atoms with E-state index in [4.69, 9.17) is 5.73 Å². The molecule has 0 saturated carbocycles. The van der Waals surface area contributed by atoms with Gasteiger partial charge in [0.1, 0.15) is 10.8 Å². The van der Waals surface area contributed by atoms with Crippen molar-refractivity contribution >= 4 is 56.3 Å². The third-order valence-electron chi connectivity index (χ3n) is 3.09. The summed E-state index contributed by atoms with van der Waals surface area (Å²) in [5.41, 5.74) is 8.65. The zero-order valence-electron chi connectivity index (χ0n) is 12.1. The fourth-order valence-corrected chi connectivity index (χ4v) is 3.20. The Morgan fingerprint density at radius 3 is 2.96 bits per heavy atom. The maximum absolute atomic E-state index is 5.66. The number of benzene rings is 1. The molecule has 0 aliphatic carbocycles. The number of allylic oxidation sites excluding steroid dienone is 1. The molecule has 0 spiro atoms. The predicted octanol–water partition coefficient (Wildman–Crippen LogP) is 3.98. The van der Waals surface area contributed by atoms with Gasteiger partial charge in [-0.25, -0.2) is 9.97 Å². The number of anilines is 1. The summed E-state index contributed by atoms with van der Waals surface area (Å²) in [6.07, 6.45) is 5.48. The molecule has 0 atom stereocenters. The highest BCUT2D eigenvalue weighted by atomic mass is 127. The van der Waals surface area contributed by atoms with Crippen molar-refractivity contribution in [1.82, 2.24) is 9.97 Å². The van der Waals surface area contributed by atoms with Gasteiger partial charge in [-0.15, -0.1) is 11.3 Å². The summed E-state index contributed by atoms with van der Waals surface area (Å²) in [6, 6.07) is 9.93. The molecule has 0 radical (unpaired) electrons. The lowest BCUT2D eigenvalue weighted by Crippen LogP contribution is -1.94. The molecule has 0 saturated heterocycles. The van der Waals surface area contributed by atoms with Gasteiger partial charge in [0.25, 0.3) is 0 Å². The van der Waals surface area contributed by atoms with Gasteiger partial charge in [-0.2, -0.15) is 0 Å². The van der Waals surface area contributed by atoms with Crippen LogP contribution in [0.4, 0.5) is 5.82 Å². The van der Waals surface area contributed by atoms with E-state index in [1.165, 1.54) is 0 Å². The number of halogens is 1. The van der Waals surface area contributed by atoms with Crippen molar-refractivity contribution in [1.29, 1.82) is 0 Å². The Labute approximate surface area is 152 Å². The van der Waals surface area contributed by atoms with E-state index in [0.717, 1.165) is 32.2 Å². The van der Waals surface area contributed by atoms with Crippen LogP contribution in [0.15, 0.2) is 42.6 Å². The van der Waals surface area contributed by atoms with Gasteiger partial charge >= 0.3 is 0 Å². The summed E-state index contributed by atoms with van der Waals surface area (Å²) in [7, 11) is 0. The highest BCUT2D eigenvalue weighted by molar-refractivity contribution is 14.1. The normalized spacial score (nSPS) is 10.7. The van der Waals surface area contributed by atoms with Crippen LogP contribution in [0, 0.1) is 11.8 Å². The van der Waals surface area contributed by atoms with Gasteiger partial charge in [-0.1, -0.05) is 17.9 Å². The van der Waals surface area contributed by atoms with Crippen LogP contribution >= 0.6 is 34.2 Å². The van der Waals surface area contributed by atoms with E-state index in [9.17, 15) is 0 Å². The molecule has 4 nitrogen and oxygen atoms in total. The average molecular weight is 432 g/mol. The summed E-state index contributed by atoms with van der Waals surface area (Å²) in [6.45, 7) is 0.546. The number of fused-ring (bicyclic) bond motifs is 1. The van der Waals surface area contributed by atoms with E-state index in [1.807, 2.05) is 59.3 Å². The van der Waals surface area contributed by atoms with Gasteiger partial charge < -0.3 is 9.26 Å². The van der Waals surface area contributed by atoms with E-state index in [0.29, 0.717) is 6.54 Å². The molecule has 0 aliphatic heterocycles. The van der Waals surface area contributed by atoms with Crippen LogP contribution < -0.4 is 9.26 Å².